The number of nitrogen functional groups attached to an aromatic ring is 1. The van der Waals surface area contributed by atoms with Crippen LogP contribution < -0.4 is 16.4 Å². The third-order valence-corrected chi connectivity index (χ3v) is 4.64. The van der Waals surface area contributed by atoms with Crippen LogP contribution in [0.1, 0.15) is 35.2 Å². The van der Waals surface area contributed by atoms with Gasteiger partial charge in [-0.05, 0) is 43.0 Å². The van der Waals surface area contributed by atoms with Crippen molar-refractivity contribution in [2.45, 2.75) is 31.8 Å². The minimum Gasteiger partial charge on any atom is -0.399 e. The molecule has 1 saturated heterocycles. The maximum absolute atomic E-state index is 12.5. The van der Waals surface area contributed by atoms with Gasteiger partial charge >= 0.3 is 0 Å². The molecule has 1 fully saturated rings. The van der Waals surface area contributed by atoms with Crippen LogP contribution in [0.15, 0.2) is 48.5 Å². The van der Waals surface area contributed by atoms with Crippen LogP contribution in [0.25, 0.3) is 0 Å². The molecule has 3 rings (SSSR count). The molecular formula is C21H25N3O3. The predicted molar refractivity (Wildman–Crippen MR) is 106 cm³/mol. The number of carbonyl (C=O) groups is 2. The first-order valence-corrected chi connectivity index (χ1v) is 9.25. The Morgan fingerprint density at radius 2 is 1.89 bits per heavy atom. The zero-order valence-electron chi connectivity index (χ0n) is 15.2. The van der Waals surface area contributed by atoms with Crippen LogP contribution in [0.5, 0.6) is 0 Å². The molecule has 0 aliphatic carbocycles. The van der Waals surface area contributed by atoms with Crippen molar-refractivity contribution in [3.8, 4) is 0 Å². The fourth-order valence-electron chi connectivity index (χ4n) is 3.12. The lowest BCUT2D eigenvalue weighted by Crippen LogP contribution is -2.32. The Hall–Kier alpha value is -2.86. The zero-order valence-corrected chi connectivity index (χ0v) is 15.2. The van der Waals surface area contributed by atoms with Crippen molar-refractivity contribution in [1.29, 1.82) is 0 Å². The van der Waals surface area contributed by atoms with Crippen LogP contribution in [0.2, 0.25) is 0 Å². The second kappa shape index (κ2) is 9.19. The van der Waals surface area contributed by atoms with Gasteiger partial charge in [0, 0.05) is 25.3 Å². The summed E-state index contributed by atoms with van der Waals surface area (Å²) >= 11 is 0. The van der Waals surface area contributed by atoms with Crippen LogP contribution in [-0.4, -0.2) is 31.1 Å². The summed E-state index contributed by atoms with van der Waals surface area (Å²) < 4.78 is 5.52. The van der Waals surface area contributed by atoms with E-state index in [0.717, 1.165) is 25.0 Å². The smallest absolute Gasteiger partial charge is 0.253 e. The van der Waals surface area contributed by atoms with Gasteiger partial charge in [0.1, 0.15) is 0 Å². The Morgan fingerprint density at radius 3 is 2.67 bits per heavy atom. The molecule has 0 radical (unpaired) electrons. The first-order valence-electron chi connectivity index (χ1n) is 9.25. The Balaban J connectivity index is 1.57. The summed E-state index contributed by atoms with van der Waals surface area (Å²) in [5.41, 5.74) is 8.49. The number of aryl methyl sites for hydroxylation is 1. The van der Waals surface area contributed by atoms with Crippen molar-refractivity contribution < 1.29 is 14.3 Å². The summed E-state index contributed by atoms with van der Waals surface area (Å²) in [6.45, 7) is 1.23. The molecule has 27 heavy (non-hydrogen) atoms. The minimum absolute atomic E-state index is 0.0760. The van der Waals surface area contributed by atoms with Crippen molar-refractivity contribution >= 4 is 23.2 Å². The van der Waals surface area contributed by atoms with Gasteiger partial charge in [-0.2, -0.15) is 0 Å². The van der Waals surface area contributed by atoms with E-state index in [1.165, 1.54) is 0 Å². The van der Waals surface area contributed by atoms with Crippen molar-refractivity contribution in [2.75, 3.05) is 24.2 Å². The summed E-state index contributed by atoms with van der Waals surface area (Å²) in [5, 5.41) is 5.73. The van der Waals surface area contributed by atoms with E-state index >= 15 is 0 Å². The number of hydrogen-bond donors (Lipinski definition) is 3. The van der Waals surface area contributed by atoms with Gasteiger partial charge in [-0.1, -0.05) is 30.3 Å². The van der Waals surface area contributed by atoms with Crippen LogP contribution in [0.3, 0.4) is 0 Å². The molecule has 1 aliphatic heterocycles. The van der Waals surface area contributed by atoms with Crippen LogP contribution in [0.4, 0.5) is 11.4 Å². The van der Waals surface area contributed by atoms with Crippen molar-refractivity contribution in [3.63, 3.8) is 0 Å². The molecule has 0 saturated carbocycles. The number of carbonyl (C=O) groups excluding carboxylic acids is 2. The third-order valence-electron chi connectivity index (χ3n) is 4.64. The summed E-state index contributed by atoms with van der Waals surface area (Å²) in [6, 6.07) is 14.5. The number of benzene rings is 2. The lowest BCUT2D eigenvalue weighted by atomic mass is 10.1. The topological polar surface area (TPSA) is 93.5 Å². The standard InChI is InChI=1S/C21H25N3O3/c22-18-9-3-1-6-15(18)11-12-20(25)24-19-10-4-2-8-17(19)21(26)23-14-16-7-5-13-27-16/h1-4,6,8-10,16H,5,7,11-14,22H2,(H,23,26)(H,24,25). The Bertz CT molecular complexity index is 801. The molecule has 2 aromatic rings. The average molecular weight is 367 g/mol. The van der Waals surface area contributed by atoms with E-state index in [-0.39, 0.29) is 17.9 Å². The SMILES string of the molecule is Nc1ccccc1CCC(=O)Nc1ccccc1C(=O)NCC1CCCO1. The van der Waals surface area contributed by atoms with Crippen LogP contribution >= 0.6 is 0 Å². The molecule has 1 atom stereocenters. The largest absolute Gasteiger partial charge is 0.399 e. The van der Waals surface area contributed by atoms with Gasteiger partial charge in [0.2, 0.25) is 5.91 Å². The molecular weight excluding hydrogens is 342 g/mol. The van der Waals surface area contributed by atoms with Gasteiger partial charge in [-0.3, -0.25) is 9.59 Å². The summed E-state index contributed by atoms with van der Waals surface area (Å²) in [6.07, 6.45) is 2.90. The molecule has 0 spiro atoms. The van der Waals surface area contributed by atoms with Crippen molar-refractivity contribution in [1.82, 2.24) is 5.32 Å². The molecule has 6 heteroatoms. The Kier molecular flexibility index (Phi) is 6.44. The van der Waals surface area contributed by atoms with E-state index in [9.17, 15) is 9.59 Å². The van der Waals surface area contributed by atoms with Gasteiger partial charge < -0.3 is 21.1 Å². The number of anilines is 2. The Morgan fingerprint density at radius 1 is 1.11 bits per heavy atom. The second-order valence-electron chi connectivity index (χ2n) is 6.64. The number of amides is 2. The number of para-hydroxylation sites is 2. The Labute approximate surface area is 159 Å². The van der Waals surface area contributed by atoms with Gasteiger partial charge in [-0.15, -0.1) is 0 Å². The predicted octanol–water partition coefficient (Wildman–Crippen LogP) is 2.75. The summed E-state index contributed by atoms with van der Waals surface area (Å²) in [7, 11) is 0. The fourth-order valence-corrected chi connectivity index (χ4v) is 3.12. The fraction of sp³-hybridized carbons (Fsp3) is 0.333. The molecule has 4 N–H and O–H groups in total. The summed E-state index contributed by atoms with van der Waals surface area (Å²) in [5.74, 6) is -0.369. The first kappa shape index (κ1) is 18.9. The molecule has 142 valence electrons. The van der Waals surface area contributed by atoms with E-state index in [1.54, 1.807) is 24.3 Å². The highest BCUT2D eigenvalue weighted by Crippen LogP contribution is 2.18. The third kappa shape index (κ3) is 5.31. The average Bonchev–Trinajstić information content (AvgIpc) is 3.19. The maximum Gasteiger partial charge on any atom is 0.253 e. The zero-order chi connectivity index (χ0) is 19.1. The normalized spacial score (nSPS) is 16.1. The quantitative estimate of drug-likeness (QED) is 0.656. The van der Waals surface area contributed by atoms with E-state index < -0.39 is 0 Å². The number of nitrogens with one attached hydrogen (secondary N) is 2. The number of ether oxygens (including phenoxy) is 1. The highest BCUT2D eigenvalue weighted by Gasteiger charge is 2.18. The monoisotopic (exact) mass is 367 g/mol. The number of hydrogen-bond acceptors (Lipinski definition) is 4. The molecule has 2 amide bonds. The molecule has 1 aliphatic rings. The number of rotatable bonds is 7. The molecule has 1 heterocycles. The van der Waals surface area contributed by atoms with Crippen LogP contribution in [-0.2, 0) is 16.0 Å². The van der Waals surface area contributed by atoms with E-state index in [2.05, 4.69) is 10.6 Å². The minimum atomic E-state index is -0.214. The van der Waals surface area contributed by atoms with E-state index in [1.807, 2.05) is 24.3 Å². The van der Waals surface area contributed by atoms with Gasteiger partial charge in [0.25, 0.3) is 5.91 Å². The molecule has 2 aromatic carbocycles. The maximum atomic E-state index is 12.5. The van der Waals surface area contributed by atoms with Crippen molar-refractivity contribution in [2.24, 2.45) is 0 Å². The van der Waals surface area contributed by atoms with Gasteiger partial charge in [-0.25, -0.2) is 0 Å². The van der Waals surface area contributed by atoms with Gasteiger partial charge in [0.15, 0.2) is 0 Å². The summed E-state index contributed by atoms with van der Waals surface area (Å²) in [4.78, 5) is 24.8. The van der Waals surface area contributed by atoms with Gasteiger partial charge in [0.05, 0.1) is 17.4 Å². The van der Waals surface area contributed by atoms with E-state index in [0.29, 0.717) is 36.3 Å². The molecule has 6 nitrogen and oxygen atoms in total. The lowest BCUT2D eigenvalue weighted by Gasteiger charge is -2.14. The van der Waals surface area contributed by atoms with Crippen LogP contribution in [0, 0.1) is 0 Å². The molecule has 0 aromatic heterocycles. The number of nitrogens with two attached hydrogens (primary N) is 1. The molecule has 0 bridgehead atoms. The second-order valence-corrected chi connectivity index (χ2v) is 6.64. The lowest BCUT2D eigenvalue weighted by molar-refractivity contribution is -0.116. The first-order chi connectivity index (χ1) is 13.1. The highest BCUT2D eigenvalue weighted by atomic mass is 16.5. The van der Waals surface area contributed by atoms with E-state index in [4.69, 9.17) is 10.5 Å². The highest BCUT2D eigenvalue weighted by molar-refractivity contribution is 6.03. The molecule has 1 unspecified atom stereocenters. The van der Waals surface area contributed by atoms with Crippen molar-refractivity contribution in [3.05, 3.63) is 59.7 Å².